The Labute approximate surface area is 488 Å². The first kappa shape index (κ1) is 76.3. The quantitative estimate of drug-likeness (QED) is 0.0320. The number of carbonyl (C=O) groups is 2. The van der Waals surface area contributed by atoms with Crippen LogP contribution < -0.4 is 5.32 Å². The summed E-state index contributed by atoms with van der Waals surface area (Å²) in [6.45, 7) is 4.96. The molecule has 0 radical (unpaired) electrons. The number of ether oxygens (including phenoxy) is 1. The molecule has 0 aliphatic carbocycles. The molecule has 2 unspecified atom stereocenters. The summed E-state index contributed by atoms with van der Waals surface area (Å²) in [7, 11) is 0. The SMILES string of the molecule is CCCCC/C=C\C/C=C\CCCCCCCCCCCC(=O)OCCCCCCCCCCCCCCCCCCCCCCCCCCCCCC(=O)NC(CO)C(O)CCCCCCCCCCCCCCCCC. The van der Waals surface area contributed by atoms with Crippen molar-refractivity contribution < 1.29 is 24.5 Å². The first-order valence-corrected chi connectivity index (χ1v) is 35.6. The summed E-state index contributed by atoms with van der Waals surface area (Å²) in [6, 6.07) is -0.539. The van der Waals surface area contributed by atoms with Gasteiger partial charge in [0.2, 0.25) is 5.91 Å². The molecule has 0 bridgehead atoms. The fourth-order valence-corrected chi connectivity index (χ4v) is 11.3. The van der Waals surface area contributed by atoms with Crippen molar-refractivity contribution in [2.24, 2.45) is 0 Å². The van der Waals surface area contributed by atoms with E-state index in [9.17, 15) is 19.8 Å². The van der Waals surface area contributed by atoms with E-state index < -0.39 is 12.1 Å². The summed E-state index contributed by atoms with van der Waals surface area (Å²) in [5, 5.41) is 23.3. The molecule has 0 saturated heterocycles. The van der Waals surface area contributed by atoms with E-state index in [0.717, 1.165) is 51.4 Å². The number of rotatable bonds is 67. The fourth-order valence-electron chi connectivity index (χ4n) is 11.3. The van der Waals surface area contributed by atoms with E-state index >= 15 is 0 Å². The number of aliphatic hydroxyl groups is 2. The average Bonchev–Trinajstić information content (AvgIpc) is 3.44. The molecule has 0 spiro atoms. The number of hydrogen-bond donors (Lipinski definition) is 3. The second kappa shape index (κ2) is 67.8. The smallest absolute Gasteiger partial charge is 0.305 e. The number of aliphatic hydroxyl groups excluding tert-OH is 2. The number of nitrogens with one attached hydrogen (secondary N) is 1. The minimum atomic E-state index is -0.662. The maximum absolute atomic E-state index is 12.5. The van der Waals surface area contributed by atoms with E-state index in [1.807, 2.05) is 0 Å². The Morgan fingerprint density at radius 3 is 1.00 bits per heavy atom. The lowest BCUT2D eigenvalue weighted by molar-refractivity contribution is -0.143. The molecule has 0 rings (SSSR count). The zero-order valence-corrected chi connectivity index (χ0v) is 52.9. The van der Waals surface area contributed by atoms with Crippen LogP contribution in [-0.2, 0) is 14.3 Å². The van der Waals surface area contributed by atoms with Crippen molar-refractivity contribution in [3.63, 3.8) is 0 Å². The van der Waals surface area contributed by atoms with Crippen molar-refractivity contribution in [3.8, 4) is 0 Å². The topological polar surface area (TPSA) is 95.9 Å². The molecule has 0 aromatic heterocycles. The van der Waals surface area contributed by atoms with Crippen molar-refractivity contribution in [1.29, 1.82) is 0 Å². The average molecular weight is 1100 g/mol. The number of allylic oxidation sites excluding steroid dienone is 4. The second-order valence-corrected chi connectivity index (χ2v) is 24.6. The number of hydrogen-bond acceptors (Lipinski definition) is 5. The summed E-state index contributed by atoms with van der Waals surface area (Å²) >= 11 is 0. The lowest BCUT2D eigenvalue weighted by atomic mass is 10.0. The van der Waals surface area contributed by atoms with Gasteiger partial charge in [-0.2, -0.15) is 0 Å². The minimum Gasteiger partial charge on any atom is -0.466 e. The highest BCUT2D eigenvalue weighted by Crippen LogP contribution is 2.19. The Hall–Kier alpha value is -1.66. The van der Waals surface area contributed by atoms with Crippen LogP contribution in [0.25, 0.3) is 0 Å². The van der Waals surface area contributed by atoms with E-state index in [1.54, 1.807) is 0 Å². The van der Waals surface area contributed by atoms with Gasteiger partial charge in [0.1, 0.15) is 0 Å². The van der Waals surface area contributed by atoms with E-state index in [1.165, 1.54) is 315 Å². The minimum absolute atomic E-state index is 0.0151. The van der Waals surface area contributed by atoms with Crippen LogP contribution >= 0.6 is 0 Å². The van der Waals surface area contributed by atoms with Crippen LogP contribution in [0.1, 0.15) is 399 Å². The molecular formula is C72H139NO5. The zero-order chi connectivity index (χ0) is 56.4. The molecule has 6 nitrogen and oxygen atoms in total. The van der Waals surface area contributed by atoms with Gasteiger partial charge >= 0.3 is 5.97 Å². The zero-order valence-electron chi connectivity index (χ0n) is 52.9. The van der Waals surface area contributed by atoms with Gasteiger partial charge in [-0.05, 0) is 57.8 Å². The first-order chi connectivity index (χ1) is 38.5. The molecule has 0 saturated carbocycles. The third-order valence-electron chi connectivity index (χ3n) is 16.8. The Morgan fingerprint density at radius 2 is 0.641 bits per heavy atom. The Morgan fingerprint density at radius 1 is 0.359 bits per heavy atom. The van der Waals surface area contributed by atoms with Gasteiger partial charge in [-0.15, -0.1) is 0 Å². The molecule has 0 aliphatic heterocycles. The summed E-state index contributed by atoms with van der Waals surface area (Å²) < 4.78 is 5.51. The Bertz CT molecular complexity index is 1220. The largest absolute Gasteiger partial charge is 0.466 e. The van der Waals surface area contributed by atoms with Crippen LogP contribution in [0.15, 0.2) is 24.3 Å². The predicted octanol–water partition coefficient (Wildman–Crippen LogP) is 22.9. The van der Waals surface area contributed by atoms with Gasteiger partial charge in [-0.1, -0.05) is 353 Å². The number of amides is 1. The van der Waals surface area contributed by atoms with Crippen LogP contribution in [0.3, 0.4) is 0 Å². The van der Waals surface area contributed by atoms with Crippen molar-refractivity contribution in [1.82, 2.24) is 5.32 Å². The standard InChI is InChI=1S/C72H139NO5/c1-3-5-7-9-11-13-15-17-19-20-30-34-38-42-46-50-54-58-62-66-72(77)78-67-63-59-55-51-47-43-39-35-32-29-27-25-23-21-22-24-26-28-31-33-37-41-45-49-53-57-61-65-71(76)73-69(68-74)70(75)64-60-56-52-48-44-40-36-18-16-14-12-10-8-6-4-2/h11,13,17,19,69-70,74-75H,3-10,12,14-16,18,20-68H2,1-2H3,(H,73,76)/b13-11-,19-17-. The summed E-state index contributed by atoms with van der Waals surface area (Å²) in [6.07, 6.45) is 85.1. The lowest BCUT2D eigenvalue weighted by Crippen LogP contribution is -2.45. The molecule has 3 N–H and O–H groups in total. The van der Waals surface area contributed by atoms with Gasteiger partial charge in [-0.3, -0.25) is 9.59 Å². The van der Waals surface area contributed by atoms with Crippen molar-refractivity contribution >= 4 is 11.9 Å². The first-order valence-electron chi connectivity index (χ1n) is 35.6. The van der Waals surface area contributed by atoms with Gasteiger partial charge in [-0.25, -0.2) is 0 Å². The van der Waals surface area contributed by atoms with Gasteiger partial charge in [0.25, 0.3) is 0 Å². The van der Waals surface area contributed by atoms with Gasteiger partial charge < -0.3 is 20.3 Å². The van der Waals surface area contributed by atoms with Crippen LogP contribution in [0, 0.1) is 0 Å². The number of carbonyl (C=O) groups excluding carboxylic acids is 2. The van der Waals surface area contributed by atoms with Gasteiger partial charge in [0, 0.05) is 12.8 Å². The molecular weight excluding hydrogens is 959 g/mol. The molecule has 0 fully saturated rings. The number of unbranched alkanes of at least 4 members (excludes halogenated alkanes) is 52. The molecule has 0 aliphatic rings. The van der Waals surface area contributed by atoms with Crippen LogP contribution in [-0.4, -0.2) is 47.4 Å². The molecule has 2 atom stereocenters. The molecule has 1 amide bonds. The predicted molar refractivity (Wildman–Crippen MR) is 343 cm³/mol. The fraction of sp³-hybridized carbons (Fsp3) is 0.917. The molecule has 78 heavy (non-hydrogen) atoms. The molecule has 462 valence electrons. The van der Waals surface area contributed by atoms with E-state index in [2.05, 4.69) is 43.5 Å². The van der Waals surface area contributed by atoms with Crippen LogP contribution in [0.4, 0.5) is 0 Å². The Kier molecular flexibility index (Phi) is 66.4. The van der Waals surface area contributed by atoms with Crippen molar-refractivity contribution in [3.05, 3.63) is 24.3 Å². The molecule has 0 aromatic rings. The highest BCUT2D eigenvalue weighted by Gasteiger charge is 2.20. The maximum atomic E-state index is 12.5. The van der Waals surface area contributed by atoms with Gasteiger partial charge in [0.05, 0.1) is 25.4 Å². The van der Waals surface area contributed by atoms with Crippen molar-refractivity contribution in [2.75, 3.05) is 13.2 Å². The number of esters is 1. The van der Waals surface area contributed by atoms with E-state index in [-0.39, 0.29) is 18.5 Å². The normalized spacial score (nSPS) is 12.6. The highest BCUT2D eigenvalue weighted by molar-refractivity contribution is 5.76. The summed E-state index contributed by atoms with van der Waals surface area (Å²) in [5.74, 6) is -0.0142. The van der Waals surface area contributed by atoms with E-state index in [0.29, 0.717) is 25.9 Å². The van der Waals surface area contributed by atoms with Crippen LogP contribution in [0.2, 0.25) is 0 Å². The molecule has 0 aromatic carbocycles. The second-order valence-electron chi connectivity index (χ2n) is 24.6. The third kappa shape index (κ3) is 63.5. The third-order valence-corrected chi connectivity index (χ3v) is 16.8. The monoisotopic (exact) mass is 1100 g/mol. The maximum Gasteiger partial charge on any atom is 0.305 e. The lowest BCUT2D eigenvalue weighted by Gasteiger charge is -2.22. The molecule has 6 heteroatoms. The highest BCUT2D eigenvalue weighted by atomic mass is 16.5. The van der Waals surface area contributed by atoms with E-state index in [4.69, 9.17) is 4.74 Å². The van der Waals surface area contributed by atoms with Crippen molar-refractivity contribution in [2.45, 2.75) is 411 Å². The van der Waals surface area contributed by atoms with Crippen LogP contribution in [0.5, 0.6) is 0 Å². The summed E-state index contributed by atoms with van der Waals surface area (Å²) in [4.78, 5) is 24.6. The summed E-state index contributed by atoms with van der Waals surface area (Å²) in [5.41, 5.74) is 0. The molecule has 0 heterocycles. The Balaban J connectivity index is 3.33. The van der Waals surface area contributed by atoms with Gasteiger partial charge in [0.15, 0.2) is 0 Å².